The fourth-order valence-electron chi connectivity index (χ4n) is 3.86. The van der Waals surface area contributed by atoms with Crippen molar-refractivity contribution >= 4 is 45.9 Å². The van der Waals surface area contributed by atoms with Crippen LogP contribution in [-0.4, -0.2) is 25.8 Å². The van der Waals surface area contributed by atoms with Crippen molar-refractivity contribution in [3.8, 4) is 0 Å². The minimum atomic E-state index is -4.56. The Morgan fingerprint density at radius 1 is 1.02 bits per heavy atom. The summed E-state index contributed by atoms with van der Waals surface area (Å²) in [4.78, 5) is 33.1. The maximum Gasteiger partial charge on any atom is 0.416 e. The van der Waals surface area contributed by atoms with E-state index in [9.17, 15) is 18.0 Å². The molecule has 0 radical (unpaired) electrons. The molecule has 0 unspecified atom stereocenters. The van der Waals surface area contributed by atoms with Gasteiger partial charge in [-0.3, -0.25) is 4.79 Å². The van der Waals surface area contributed by atoms with Gasteiger partial charge >= 0.3 is 6.18 Å². The molecule has 13 heteroatoms. The first-order chi connectivity index (χ1) is 19.2. The number of pyridine rings is 1. The zero-order valence-electron chi connectivity index (χ0n) is 21.0. The molecule has 5 rings (SSSR count). The van der Waals surface area contributed by atoms with Gasteiger partial charge in [0.05, 0.1) is 5.56 Å². The predicted molar refractivity (Wildman–Crippen MR) is 144 cm³/mol. The van der Waals surface area contributed by atoms with E-state index in [2.05, 4.69) is 40.9 Å². The molecule has 0 aliphatic heterocycles. The molecule has 2 aromatic carbocycles. The topological polar surface area (TPSA) is 145 Å². The molecule has 1 amide bonds. The van der Waals surface area contributed by atoms with Gasteiger partial charge in [0.1, 0.15) is 17.4 Å². The van der Waals surface area contributed by atoms with Gasteiger partial charge in [0.2, 0.25) is 5.95 Å². The van der Waals surface area contributed by atoms with Gasteiger partial charge < -0.3 is 21.7 Å². The summed E-state index contributed by atoms with van der Waals surface area (Å²) in [6, 6.07) is 13.1. The van der Waals surface area contributed by atoms with Crippen molar-refractivity contribution in [2.45, 2.75) is 19.6 Å². The monoisotopic (exact) mass is 546 g/mol. The zero-order chi connectivity index (χ0) is 28.3. The number of rotatable bonds is 7. The number of nitrogens with two attached hydrogens (primary N) is 1. The number of fused-ring (bicyclic) bond motifs is 1. The highest BCUT2D eigenvalue weighted by Crippen LogP contribution is 2.31. The summed E-state index contributed by atoms with van der Waals surface area (Å²) in [5.74, 6) is 0.113. The number of nitrogens with zero attached hydrogens (tertiary/aromatic N) is 4. The van der Waals surface area contributed by atoms with E-state index < -0.39 is 17.6 Å². The molecule has 0 fully saturated rings. The molecule has 6 N–H and O–H groups in total. The summed E-state index contributed by atoms with van der Waals surface area (Å²) in [6.07, 6.45) is 0.415. The number of carbonyl (C=O) groups is 1. The molecule has 0 saturated carbocycles. The van der Waals surface area contributed by atoms with E-state index in [1.807, 2.05) is 25.3 Å². The minimum absolute atomic E-state index is 0.118. The summed E-state index contributed by atoms with van der Waals surface area (Å²) < 4.78 is 39.2. The average Bonchev–Trinajstić information content (AvgIpc) is 2.94. The van der Waals surface area contributed by atoms with Gasteiger partial charge in [-0.25, -0.2) is 19.9 Å². The lowest BCUT2D eigenvalue weighted by atomic mass is 10.1. The normalized spacial score (nSPS) is 11.3. The summed E-state index contributed by atoms with van der Waals surface area (Å²) in [7, 11) is 0. The summed E-state index contributed by atoms with van der Waals surface area (Å²) in [5.41, 5.74) is 8.59. The number of aromatic nitrogens is 5. The predicted octanol–water partition coefficient (Wildman–Crippen LogP) is 4.75. The van der Waals surface area contributed by atoms with E-state index in [0.717, 1.165) is 23.3 Å². The third kappa shape index (κ3) is 5.88. The van der Waals surface area contributed by atoms with Crippen LogP contribution < -0.4 is 26.7 Å². The fraction of sp³-hybridized carbons (Fsp3) is 0.111. The highest BCUT2D eigenvalue weighted by Gasteiger charge is 2.31. The number of hydrogen-bond donors (Lipinski definition) is 4. The van der Waals surface area contributed by atoms with E-state index in [0.29, 0.717) is 34.8 Å². The Hall–Kier alpha value is -5.33. The van der Waals surface area contributed by atoms with Crippen molar-refractivity contribution in [2.75, 3.05) is 21.7 Å². The van der Waals surface area contributed by atoms with Gasteiger partial charge in [0.25, 0.3) is 5.91 Å². The molecule has 0 aliphatic carbocycles. The second-order valence-corrected chi connectivity index (χ2v) is 8.80. The number of aromatic amines is 1. The van der Waals surface area contributed by atoms with Crippen molar-refractivity contribution in [2.24, 2.45) is 0 Å². The maximum atomic E-state index is 13.1. The zero-order valence-corrected chi connectivity index (χ0v) is 21.0. The number of anilines is 5. The number of carbonyl (C=O) groups excluding carboxylic acids is 1. The molecule has 3 aromatic heterocycles. The number of amides is 1. The SMILES string of the molecule is Cc1ccc(NC(=O)c2cccc(C(F)(F)F)c2)cc1Nc1ncnc2c(N)nc(NCc3ccc[nH+]c3)nc12. The van der Waals surface area contributed by atoms with Crippen molar-refractivity contribution in [1.82, 2.24) is 19.9 Å². The minimum Gasteiger partial charge on any atom is -0.382 e. The van der Waals surface area contributed by atoms with Gasteiger partial charge in [-0.1, -0.05) is 12.1 Å². The molecule has 5 aromatic rings. The van der Waals surface area contributed by atoms with Crippen LogP contribution in [0.5, 0.6) is 0 Å². The fourth-order valence-corrected chi connectivity index (χ4v) is 3.86. The molecular formula is C27H23F3N9O+. The van der Waals surface area contributed by atoms with Crippen LogP contribution in [0.3, 0.4) is 0 Å². The van der Waals surface area contributed by atoms with E-state index in [1.54, 1.807) is 24.4 Å². The number of H-pyrrole nitrogens is 1. The highest BCUT2D eigenvalue weighted by molar-refractivity contribution is 6.04. The van der Waals surface area contributed by atoms with Crippen molar-refractivity contribution in [1.29, 1.82) is 0 Å². The molecular weight excluding hydrogens is 523 g/mol. The van der Waals surface area contributed by atoms with E-state index in [-0.39, 0.29) is 17.3 Å². The Labute approximate surface area is 225 Å². The largest absolute Gasteiger partial charge is 0.416 e. The van der Waals surface area contributed by atoms with E-state index in [4.69, 9.17) is 5.73 Å². The Kier molecular flexibility index (Phi) is 7.10. The van der Waals surface area contributed by atoms with Gasteiger partial charge in [-0.2, -0.15) is 18.2 Å². The Bertz CT molecular complexity index is 1690. The number of hydrogen-bond acceptors (Lipinski definition) is 8. The first-order valence-corrected chi connectivity index (χ1v) is 12.0. The Balaban J connectivity index is 1.39. The Morgan fingerprint density at radius 3 is 2.65 bits per heavy atom. The van der Waals surface area contributed by atoms with Crippen LogP contribution in [0.4, 0.5) is 42.1 Å². The molecule has 10 nitrogen and oxygen atoms in total. The molecule has 0 aliphatic rings. The number of benzene rings is 2. The van der Waals surface area contributed by atoms with E-state index in [1.165, 1.54) is 18.5 Å². The van der Waals surface area contributed by atoms with E-state index >= 15 is 0 Å². The lowest BCUT2D eigenvalue weighted by molar-refractivity contribution is -0.378. The molecule has 0 bridgehead atoms. The second-order valence-electron chi connectivity index (χ2n) is 8.80. The van der Waals surface area contributed by atoms with Crippen molar-refractivity contribution in [3.05, 3.63) is 95.6 Å². The molecule has 40 heavy (non-hydrogen) atoms. The number of nitrogen functional groups attached to an aromatic ring is 1. The van der Waals surface area contributed by atoms with Gasteiger partial charge in [-0.05, 0) is 48.9 Å². The van der Waals surface area contributed by atoms with Crippen LogP contribution in [0.2, 0.25) is 0 Å². The molecule has 3 heterocycles. The lowest BCUT2D eigenvalue weighted by Crippen LogP contribution is -2.14. The number of alkyl halides is 3. The van der Waals surface area contributed by atoms with Crippen LogP contribution in [0, 0.1) is 6.92 Å². The van der Waals surface area contributed by atoms with Gasteiger partial charge in [-0.15, -0.1) is 0 Å². The molecule has 202 valence electrons. The summed E-state index contributed by atoms with van der Waals surface area (Å²) in [5, 5.41) is 8.97. The highest BCUT2D eigenvalue weighted by atomic mass is 19.4. The molecule has 0 saturated heterocycles. The number of aryl methyl sites for hydroxylation is 1. The lowest BCUT2D eigenvalue weighted by Gasteiger charge is -2.14. The third-order valence-electron chi connectivity index (χ3n) is 5.93. The maximum absolute atomic E-state index is 13.1. The van der Waals surface area contributed by atoms with Crippen LogP contribution in [0.15, 0.2) is 73.3 Å². The van der Waals surface area contributed by atoms with Crippen LogP contribution in [0.1, 0.15) is 27.0 Å². The standard InChI is InChI=1S/C27H22F3N9O/c1-15-7-8-19(36-25(40)17-5-2-6-18(10-17)27(28,29)30)11-20(15)37-24-22-21(34-14-35-24)23(31)39-26(38-22)33-13-16-4-3-9-32-12-16/h2-12,14H,13H2,1H3,(H,36,40)(H,34,35,37)(H3,31,33,38,39)/p+1. The van der Waals surface area contributed by atoms with Crippen molar-refractivity contribution in [3.63, 3.8) is 0 Å². The van der Waals surface area contributed by atoms with Crippen molar-refractivity contribution < 1.29 is 22.9 Å². The smallest absolute Gasteiger partial charge is 0.382 e. The van der Waals surface area contributed by atoms with Gasteiger partial charge in [0, 0.05) is 35.1 Å². The Morgan fingerprint density at radius 2 is 1.88 bits per heavy atom. The summed E-state index contributed by atoms with van der Waals surface area (Å²) >= 11 is 0. The quantitative estimate of drug-likeness (QED) is 0.229. The number of nitrogens with one attached hydrogen (secondary N) is 4. The first-order valence-electron chi connectivity index (χ1n) is 12.0. The first kappa shape index (κ1) is 26.3. The molecule has 0 atom stereocenters. The third-order valence-corrected chi connectivity index (χ3v) is 5.93. The van der Waals surface area contributed by atoms with Crippen LogP contribution >= 0.6 is 0 Å². The second kappa shape index (κ2) is 10.8. The number of halogens is 3. The molecule has 0 spiro atoms. The average molecular weight is 547 g/mol. The van der Waals surface area contributed by atoms with Crippen LogP contribution in [0.25, 0.3) is 11.0 Å². The van der Waals surface area contributed by atoms with Gasteiger partial charge in [0.15, 0.2) is 24.0 Å². The van der Waals surface area contributed by atoms with Crippen LogP contribution in [-0.2, 0) is 12.7 Å². The summed E-state index contributed by atoms with van der Waals surface area (Å²) in [6.45, 7) is 2.29.